The van der Waals surface area contributed by atoms with Gasteiger partial charge in [-0.25, -0.2) is 0 Å². The average Bonchev–Trinajstić information content (AvgIpc) is 2.54. The molecule has 0 unspecified atom stereocenters. The van der Waals surface area contributed by atoms with Gasteiger partial charge in [-0.05, 0) is 51.8 Å². The van der Waals surface area contributed by atoms with Crippen LogP contribution in [-0.2, 0) is 13.1 Å². The fraction of sp³-hybridized carbons (Fsp3) is 0.455. The summed E-state index contributed by atoms with van der Waals surface area (Å²) in [7, 11) is 0. The molecule has 0 fully saturated rings. The lowest BCUT2D eigenvalue weighted by Gasteiger charge is -2.24. The molecule has 0 amide bonds. The van der Waals surface area contributed by atoms with Crippen LogP contribution < -0.4 is 0 Å². The zero-order valence-electron chi connectivity index (χ0n) is 16.2. The third kappa shape index (κ3) is 4.99. The Hall–Kier alpha value is -2.00. The van der Waals surface area contributed by atoms with Crippen molar-refractivity contribution >= 4 is 0 Å². The average molecular weight is 341 g/mol. The number of nitrogens with zero attached hydrogens (tertiary/aromatic N) is 1. The Morgan fingerprint density at radius 3 is 1.60 bits per heavy atom. The predicted molar refractivity (Wildman–Crippen MR) is 104 cm³/mol. The largest absolute Gasteiger partial charge is 0.507 e. The Bertz CT molecular complexity index is 678. The molecular formula is C22H31NO2. The second-order valence-electron chi connectivity index (χ2n) is 7.24. The zero-order valence-corrected chi connectivity index (χ0v) is 16.2. The third-order valence-corrected chi connectivity index (χ3v) is 4.66. The molecule has 136 valence electrons. The highest BCUT2D eigenvalue weighted by atomic mass is 16.3. The maximum absolute atomic E-state index is 10.4. The molecule has 0 saturated carbocycles. The summed E-state index contributed by atoms with van der Waals surface area (Å²) in [5, 5.41) is 20.9. The number of aryl methyl sites for hydroxylation is 4. The summed E-state index contributed by atoms with van der Waals surface area (Å²) in [6, 6.07) is 8.13. The van der Waals surface area contributed by atoms with Gasteiger partial charge in [-0.2, -0.15) is 0 Å². The zero-order chi connectivity index (χ0) is 18.6. The topological polar surface area (TPSA) is 43.7 Å². The first-order valence-electron chi connectivity index (χ1n) is 9.12. The summed E-state index contributed by atoms with van der Waals surface area (Å²) in [4.78, 5) is 2.31. The van der Waals surface area contributed by atoms with Gasteiger partial charge in [0.15, 0.2) is 0 Å². The minimum atomic E-state index is 0.386. The first-order valence-corrected chi connectivity index (χ1v) is 9.12. The van der Waals surface area contributed by atoms with Crippen LogP contribution in [0.4, 0.5) is 0 Å². The molecule has 0 radical (unpaired) electrons. The Morgan fingerprint density at radius 2 is 1.20 bits per heavy atom. The van der Waals surface area contributed by atoms with E-state index in [1.54, 1.807) is 0 Å². The Morgan fingerprint density at radius 1 is 0.760 bits per heavy atom. The lowest BCUT2D eigenvalue weighted by atomic mass is 10.0. The van der Waals surface area contributed by atoms with E-state index in [-0.39, 0.29) is 0 Å². The number of hydrogen-bond donors (Lipinski definition) is 2. The second kappa shape index (κ2) is 8.39. The molecule has 2 rings (SSSR count). The first kappa shape index (κ1) is 19.3. The SMILES string of the molecule is CCCCN(Cc1cc(C)cc(C)c1O)Cc1cc(C)cc(C)c1O. The Labute approximate surface area is 151 Å². The van der Waals surface area contributed by atoms with Crippen molar-refractivity contribution in [3.63, 3.8) is 0 Å². The van der Waals surface area contributed by atoms with E-state index < -0.39 is 0 Å². The molecular weight excluding hydrogens is 310 g/mol. The molecule has 2 N–H and O–H groups in total. The lowest BCUT2D eigenvalue weighted by molar-refractivity contribution is 0.245. The van der Waals surface area contributed by atoms with E-state index in [2.05, 4.69) is 37.8 Å². The van der Waals surface area contributed by atoms with Crippen LogP contribution in [0.15, 0.2) is 24.3 Å². The van der Waals surface area contributed by atoms with E-state index in [4.69, 9.17) is 0 Å². The molecule has 3 nitrogen and oxygen atoms in total. The van der Waals surface area contributed by atoms with Gasteiger partial charge in [-0.15, -0.1) is 0 Å². The van der Waals surface area contributed by atoms with Crippen LogP contribution >= 0.6 is 0 Å². The predicted octanol–water partition coefficient (Wildman–Crippen LogP) is 5.13. The van der Waals surface area contributed by atoms with E-state index in [1.807, 2.05) is 26.0 Å². The fourth-order valence-electron chi connectivity index (χ4n) is 3.41. The summed E-state index contributed by atoms with van der Waals surface area (Å²) in [6.45, 7) is 12.5. The molecule has 25 heavy (non-hydrogen) atoms. The van der Waals surface area contributed by atoms with Crippen LogP contribution in [0.3, 0.4) is 0 Å². The molecule has 0 saturated heterocycles. The summed E-state index contributed by atoms with van der Waals surface area (Å²) in [6.07, 6.45) is 2.21. The van der Waals surface area contributed by atoms with E-state index in [9.17, 15) is 10.2 Å². The molecule has 0 aromatic heterocycles. The summed E-state index contributed by atoms with van der Waals surface area (Å²) < 4.78 is 0. The quantitative estimate of drug-likeness (QED) is 0.733. The van der Waals surface area contributed by atoms with Gasteiger partial charge in [0, 0.05) is 24.2 Å². The van der Waals surface area contributed by atoms with Crippen molar-refractivity contribution in [1.82, 2.24) is 4.90 Å². The normalized spacial score (nSPS) is 11.3. The van der Waals surface area contributed by atoms with Gasteiger partial charge in [-0.1, -0.05) is 48.7 Å². The lowest BCUT2D eigenvalue weighted by Crippen LogP contribution is -2.24. The monoisotopic (exact) mass is 341 g/mol. The Balaban J connectivity index is 2.28. The van der Waals surface area contributed by atoms with Gasteiger partial charge in [0.05, 0.1) is 0 Å². The van der Waals surface area contributed by atoms with E-state index in [0.717, 1.165) is 52.8 Å². The number of benzene rings is 2. The number of hydrogen-bond acceptors (Lipinski definition) is 3. The first-order chi connectivity index (χ1) is 11.8. The van der Waals surface area contributed by atoms with E-state index >= 15 is 0 Å². The summed E-state index contributed by atoms with van der Waals surface area (Å²) >= 11 is 0. The van der Waals surface area contributed by atoms with Crippen LogP contribution in [0.5, 0.6) is 11.5 Å². The number of rotatable bonds is 7. The minimum Gasteiger partial charge on any atom is -0.507 e. The molecule has 0 aliphatic rings. The van der Waals surface area contributed by atoms with Gasteiger partial charge < -0.3 is 10.2 Å². The second-order valence-corrected chi connectivity index (χ2v) is 7.24. The van der Waals surface area contributed by atoms with Crippen molar-refractivity contribution < 1.29 is 10.2 Å². The smallest absolute Gasteiger partial charge is 0.122 e. The van der Waals surface area contributed by atoms with Crippen molar-refractivity contribution in [3.8, 4) is 11.5 Å². The Kier molecular flexibility index (Phi) is 6.49. The standard InChI is InChI=1S/C22H31NO2/c1-6-7-8-23(13-19-11-15(2)9-17(4)21(19)24)14-20-12-16(3)10-18(5)22(20)25/h9-12,24-25H,6-8,13-14H2,1-5H3. The van der Waals surface area contributed by atoms with Gasteiger partial charge in [0.25, 0.3) is 0 Å². The molecule has 0 heterocycles. The van der Waals surface area contributed by atoms with Crippen LogP contribution in [0.25, 0.3) is 0 Å². The summed E-state index contributed by atoms with van der Waals surface area (Å²) in [5.41, 5.74) is 6.07. The highest BCUT2D eigenvalue weighted by Crippen LogP contribution is 2.28. The molecule has 2 aromatic carbocycles. The molecule has 0 aliphatic heterocycles. The summed E-state index contributed by atoms with van der Waals surface area (Å²) in [5.74, 6) is 0.772. The van der Waals surface area contributed by atoms with Crippen molar-refractivity contribution in [2.45, 2.75) is 60.5 Å². The van der Waals surface area contributed by atoms with Crippen molar-refractivity contribution in [3.05, 3.63) is 57.6 Å². The van der Waals surface area contributed by atoms with Crippen LogP contribution in [0.2, 0.25) is 0 Å². The van der Waals surface area contributed by atoms with Gasteiger partial charge in [0.2, 0.25) is 0 Å². The highest BCUT2D eigenvalue weighted by molar-refractivity contribution is 5.44. The minimum absolute atomic E-state index is 0.386. The molecule has 0 bridgehead atoms. The number of unbranched alkanes of at least 4 members (excludes halogenated alkanes) is 1. The van der Waals surface area contributed by atoms with Crippen LogP contribution in [0.1, 0.15) is 53.1 Å². The maximum atomic E-state index is 10.4. The van der Waals surface area contributed by atoms with E-state index in [0.29, 0.717) is 24.6 Å². The fourth-order valence-corrected chi connectivity index (χ4v) is 3.41. The molecule has 0 aliphatic carbocycles. The van der Waals surface area contributed by atoms with Crippen LogP contribution in [0, 0.1) is 27.7 Å². The highest BCUT2D eigenvalue weighted by Gasteiger charge is 2.14. The number of aromatic hydroxyl groups is 2. The molecule has 3 heteroatoms. The van der Waals surface area contributed by atoms with Crippen molar-refractivity contribution in [1.29, 1.82) is 0 Å². The molecule has 2 aromatic rings. The van der Waals surface area contributed by atoms with Crippen molar-refractivity contribution in [2.75, 3.05) is 6.54 Å². The van der Waals surface area contributed by atoms with Gasteiger partial charge in [-0.3, -0.25) is 4.90 Å². The maximum Gasteiger partial charge on any atom is 0.122 e. The van der Waals surface area contributed by atoms with Gasteiger partial charge >= 0.3 is 0 Å². The van der Waals surface area contributed by atoms with Crippen molar-refractivity contribution in [2.24, 2.45) is 0 Å². The number of phenols is 2. The third-order valence-electron chi connectivity index (χ3n) is 4.66. The number of phenolic OH excluding ortho intramolecular Hbond substituents is 2. The van der Waals surface area contributed by atoms with E-state index in [1.165, 1.54) is 0 Å². The van der Waals surface area contributed by atoms with Crippen LogP contribution in [-0.4, -0.2) is 21.7 Å². The molecule has 0 atom stereocenters. The van der Waals surface area contributed by atoms with Gasteiger partial charge in [0.1, 0.15) is 11.5 Å². The molecule has 0 spiro atoms.